The first kappa shape index (κ1) is 11.4. The molecule has 1 saturated heterocycles. The highest BCUT2D eigenvalue weighted by Crippen LogP contribution is 2.25. The van der Waals surface area contributed by atoms with Crippen LogP contribution in [0.2, 0.25) is 0 Å². The van der Waals surface area contributed by atoms with Gasteiger partial charge in [0.2, 0.25) is 0 Å². The molecule has 0 bridgehead atoms. The van der Waals surface area contributed by atoms with Gasteiger partial charge in [0, 0.05) is 7.11 Å². The van der Waals surface area contributed by atoms with E-state index < -0.39 is 24.0 Å². The molecule has 6 heteroatoms. The summed E-state index contributed by atoms with van der Waals surface area (Å²) in [5, 5.41) is 0. The van der Waals surface area contributed by atoms with E-state index in [-0.39, 0.29) is 5.70 Å². The van der Waals surface area contributed by atoms with Crippen molar-refractivity contribution in [2.45, 2.75) is 12.1 Å². The second kappa shape index (κ2) is 4.22. The minimum Gasteiger partial charge on any atom is -0.464 e. The maximum Gasteiger partial charge on any atom is 0.354 e. The predicted octanol–water partition coefficient (Wildman–Crippen LogP) is -0.902. The highest BCUT2D eigenvalue weighted by molar-refractivity contribution is 6.02. The van der Waals surface area contributed by atoms with E-state index in [1.165, 1.54) is 14.2 Å². The van der Waals surface area contributed by atoms with E-state index in [1.807, 2.05) is 0 Å². The van der Waals surface area contributed by atoms with Crippen LogP contribution in [0.25, 0.3) is 0 Å². The number of methoxy groups -OCH3 is 2. The van der Waals surface area contributed by atoms with Crippen LogP contribution in [-0.4, -0.2) is 49.4 Å². The molecule has 1 aliphatic rings. The van der Waals surface area contributed by atoms with Gasteiger partial charge in [0.05, 0.1) is 7.11 Å². The second-order valence-corrected chi connectivity index (χ2v) is 2.93. The van der Waals surface area contributed by atoms with E-state index in [1.54, 1.807) is 0 Å². The molecule has 0 aromatic rings. The Bertz CT molecular complexity index is 324. The smallest absolute Gasteiger partial charge is 0.354 e. The summed E-state index contributed by atoms with van der Waals surface area (Å²) in [5.74, 6) is -1.21. The van der Waals surface area contributed by atoms with Crippen LogP contribution in [0, 0.1) is 0 Å². The number of esters is 1. The zero-order valence-electron chi connectivity index (χ0n) is 8.43. The Labute approximate surface area is 86.4 Å². The molecule has 0 radical (unpaired) electrons. The second-order valence-electron chi connectivity index (χ2n) is 2.93. The molecular weight excluding hydrogens is 202 g/mol. The fourth-order valence-electron chi connectivity index (χ4n) is 1.38. The number of hydrogen-bond acceptors (Lipinski definition) is 5. The number of nitrogens with zero attached hydrogens (tertiary/aromatic N) is 1. The molecule has 0 aliphatic carbocycles. The summed E-state index contributed by atoms with van der Waals surface area (Å²) in [6.07, 6.45) is -0.298. The quantitative estimate of drug-likeness (QED) is 0.262. The fraction of sp³-hybridized carbons (Fsp3) is 0.444. The summed E-state index contributed by atoms with van der Waals surface area (Å²) in [7, 11) is 2.48. The van der Waals surface area contributed by atoms with Gasteiger partial charge in [-0.25, -0.2) is 4.79 Å². The van der Waals surface area contributed by atoms with E-state index in [0.717, 1.165) is 4.90 Å². The molecule has 6 nitrogen and oxygen atoms in total. The summed E-state index contributed by atoms with van der Waals surface area (Å²) in [6, 6.07) is -0.797. The molecule has 0 spiro atoms. The monoisotopic (exact) mass is 213 g/mol. The maximum atomic E-state index is 11.4. The van der Waals surface area contributed by atoms with Gasteiger partial charge in [-0.05, 0) is 0 Å². The Kier molecular flexibility index (Phi) is 3.21. The summed E-state index contributed by atoms with van der Waals surface area (Å²) in [4.78, 5) is 34.1. The summed E-state index contributed by atoms with van der Waals surface area (Å²) < 4.78 is 9.17. The predicted molar refractivity (Wildman–Crippen MR) is 48.7 cm³/mol. The topological polar surface area (TPSA) is 72.9 Å². The molecule has 0 N–H and O–H groups in total. The summed E-state index contributed by atoms with van der Waals surface area (Å²) >= 11 is 0. The zero-order chi connectivity index (χ0) is 11.6. The Morgan fingerprint density at radius 3 is 2.53 bits per heavy atom. The van der Waals surface area contributed by atoms with Gasteiger partial charge in [-0.2, -0.15) is 0 Å². The van der Waals surface area contributed by atoms with Crippen molar-refractivity contribution in [2.75, 3.05) is 14.2 Å². The molecule has 0 aromatic heterocycles. The first-order chi connectivity index (χ1) is 7.08. The van der Waals surface area contributed by atoms with Crippen LogP contribution in [0.15, 0.2) is 12.3 Å². The highest BCUT2D eigenvalue weighted by atomic mass is 16.5. The minimum absolute atomic E-state index is 0.159. The van der Waals surface area contributed by atoms with Crippen LogP contribution in [0.3, 0.4) is 0 Å². The molecular formula is C9H11NO5. The minimum atomic E-state index is -0.830. The van der Waals surface area contributed by atoms with Crippen molar-refractivity contribution >= 4 is 18.2 Å². The van der Waals surface area contributed by atoms with Gasteiger partial charge in [0.15, 0.2) is 6.10 Å². The third kappa shape index (κ3) is 1.63. The van der Waals surface area contributed by atoms with Crippen LogP contribution in [-0.2, 0) is 23.9 Å². The van der Waals surface area contributed by atoms with Gasteiger partial charge in [0.25, 0.3) is 5.91 Å². The fourth-order valence-corrected chi connectivity index (χ4v) is 1.38. The third-order valence-electron chi connectivity index (χ3n) is 2.19. The van der Waals surface area contributed by atoms with Crippen molar-refractivity contribution in [1.29, 1.82) is 0 Å². The van der Waals surface area contributed by atoms with Gasteiger partial charge in [-0.3, -0.25) is 9.69 Å². The average Bonchev–Trinajstić information content (AvgIpc) is 2.24. The van der Waals surface area contributed by atoms with E-state index in [4.69, 9.17) is 4.74 Å². The normalized spacial score (nSPS) is 24.4. The van der Waals surface area contributed by atoms with Crippen molar-refractivity contribution < 1.29 is 23.9 Å². The summed E-state index contributed by atoms with van der Waals surface area (Å²) in [5.41, 5.74) is -0.159. The SMILES string of the molecule is C=C(C(=O)OC)N1C(=O)[C@H](OC)[C@@H]1C=O. The lowest BCUT2D eigenvalue weighted by molar-refractivity contribution is -0.170. The molecule has 2 atom stereocenters. The average molecular weight is 213 g/mol. The van der Waals surface area contributed by atoms with E-state index in [2.05, 4.69) is 11.3 Å². The number of carbonyl (C=O) groups is 3. The van der Waals surface area contributed by atoms with E-state index in [0.29, 0.717) is 6.29 Å². The van der Waals surface area contributed by atoms with Gasteiger partial charge in [0.1, 0.15) is 18.0 Å². The van der Waals surface area contributed by atoms with Crippen LogP contribution < -0.4 is 0 Å². The number of amides is 1. The Hall–Kier alpha value is -1.69. The Balaban J connectivity index is 2.80. The lowest BCUT2D eigenvalue weighted by Crippen LogP contribution is -2.66. The van der Waals surface area contributed by atoms with Gasteiger partial charge in [-0.1, -0.05) is 6.58 Å². The van der Waals surface area contributed by atoms with Crippen LogP contribution >= 0.6 is 0 Å². The van der Waals surface area contributed by atoms with E-state index >= 15 is 0 Å². The van der Waals surface area contributed by atoms with E-state index in [9.17, 15) is 14.4 Å². The van der Waals surface area contributed by atoms with Gasteiger partial charge in [-0.15, -0.1) is 0 Å². The molecule has 1 amide bonds. The van der Waals surface area contributed by atoms with Crippen molar-refractivity contribution in [3.8, 4) is 0 Å². The first-order valence-electron chi connectivity index (χ1n) is 4.16. The third-order valence-corrected chi connectivity index (χ3v) is 2.19. The molecule has 15 heavy (non-hydrogen) atoms. The largest absolute Gasteiger partial charge is 0.464 e. The molecule has 0 aromatic carbocycles. The van der Waals surface area contributed by atoms with Crippen molar-refractivity contribution in [3.63, 3.8) is 0 Å². The van der Waals surface area contributed by atoms with Crippen LogP contribution in [0.5, 0.6) is 0 Å². The van der Waals surface area contributed by atoms with Crippen LogP contribution in [0.4, 0.5) is 0 Å². The van der Waals surface area contributed by atoms with Crippen molar-refractivity contribution in [3.05, 3.63) is 12.3 Å². The lowest BCUT2D eigenvalue weighted by atomic mass is 9.98. The summed E-state index contributed by atoms with van der Waals surface area (Å²) in [6.45, 7) is 3.38. The molecule has 0 saturated carbocycles. The molecule has 1 fully saturated rings. The zero-order valence-corrected chi connectivity index (χ0v) is 8.43. The standard InChI is InChI=1S/C9H11NO5/c1-5(9(13)15-3)10-6(4-11)7(14-2)8(10)12/h4,6-7H,1H2,2-3H3/t6-,7+/m0/s1. The highest BCUT2D eigenvalue weighted by Gasteiger charge is 2.50. The number of rotatable bonds is 4. The van der Waals surface area contributed by atoms with Gasteiger partial charge < -0.3 is 14.3 Å². The molecule has 1 heterocycles. The Morgan fingerprint density at radius 1 is 1.53 bits per heavy atom. The van der Waals surface area contributed by atoms with Crippen molar-refractivity contribution in [1.82, 2.24) is 4.90 Å². The maximum absolute atomic E-state index is 11.4. The lowest BCUT2D eigenvalue weighted by Gasteiger charge is -2.42. The molecule has 1 rings (SSSR count). The molecule has 1 aliphatic heterocycles. The molecule has 0 unspecified atom stereocenters. The number of carbonyl (C=O) groups excluding carboxylic acids is 3. The number of β-lactam (4-membered cyclic amide) rings is 1. The number of hydrogen-bond donors (Lipinski definition) is 0. The molecule has 82 valence electrons. The number of likely N-dealkylation sites (tertiary alicyclic amines) is 1. The number of ether oxygens (including phenoxy) is 2. The van der Waals surface area contributed by atoms with Crippen molar-refractivity contribution in [2.24, 2.45) is 0 Å². The number of aldehydes is 1. The first-order valence-corrected chi connectivity index (χ1v) is 4.16. The Morgan fingerprint density at radius 2 is 2.13 bits per heavy atom. The van der Waals surface area contributed by atoms with Gasteiger partial charge >= 0.3 is 5.97 Å². The van der Waals surface area contributed by atoms with Crippen LogP contribution in [0.1, 0.15) is 0 Å².